The first-order valence-corrected chi connectivity index (χ1v) is 11.7. The van der Waals surface area contributed by atoms with Crippen LogP contribution in [0.3, 0.4) is 0 Å². The van der Waals surface area contributed by atoms with E-state index in [0.29, 0.717) is 24.0 Å². The molecule has 0 fully saturated rings. The van der Waals surface area contributed by atoms with Gasteiger partial charge in [-0.05, 0) is 76.9 Å². The Hall–Kier alpha value is -4.06. The number of hydrogen-bond acceptors (Lipinski definition) is 6. The first kappa shape index (κ1) is 26.5. The van der Waals surface area contributed by atoms with Crippen molar-refractivity contribution in [2.24, 2.45) is 0 Å². The number of hydrogen-bond donors (Lipinski definition) is 0. The van der Waals surface area contributed by atoms with Crippen LogP contribution in [0.4, 0.5) is 0 Å². The topological polar surface area (TPSA) is 78.9 Å². The van der Waals surface area contributed by atoms with Crippen LogP contribution in [0.1, 0.15) is 38.8 Å². The van der Waals surface area contributed by atoms with Gasteiger partial charge in [0, 0.05) is 34.0 Å². The maximum absolute atomic E-state index is 11.4. The molecule has 6 nitrogen and oxygen atoms in total. The van der Waals surface area contributed by atoms with Gasteiger partial charge in [-0.2, -0.15) is 0 Å². The van der Waals surface area contributed by atoms with E-state index in [9.17, 15) is 9.59 Å². The van der Waals surface area contributed by atoms with E-state index in [1.807, 2.05) is 52.0 Å². The van der Waals surface area contributed by atoms with Crippen LogP contribution in [0.5, 0.6) is 11.5 Å². The molecule has 0 radical (unpaired) electrons. The maximum Gasteiger partial charge on any atom is 0.336 e. The summed E-state index contributed by atoms with van der Waals surface area (Å²) in [5, 5.41) is 1.82. The van der Waals surface area contributed by atoms with Gasteiger partial charge in [0.05, 0.1) is 14.2 Å². The zero-order valence-corrected chi connectivity index (χ0v) is 21.6. The average Bonchev–Trinajstić information content (AvgIpc) is 2.85. The first-order valence-electron chi connectivity index (χ1n) is 11.7. The molecule has 0 N–H and O–H groups in total. The summed E-state index contributed by atoms with van der Waals surface area (Å²) in [6.07, 6.45) is 5.56. The Balaban J connectivity index is 0.000000201. The molecular weight excluding hydrogens is 456 g/mol. The van der Waals surface area contributed by atoms with Crippen molar-refractivity contribution in [1.29, 1.82) is 0 Å². The third kappa shape index (κ3) is 6.54. The minimum Gasteiger partial charge on any atom is -0.496 e. The number of rotatable bonds is 6. The third-order valence-corrected chi connectivity index (χ3v) is 5.57. The monoisotopic (exact) mass is 488 g/mol. The van der Waals surface area contributed by atoms with Gasteiger partial charge in [0.2, 0.25) is 0 Å². The second kappa shape index (κ2) is 12.1. The Labute approximate surface area is 210 Å². The van der Waals surface area contributed by atoms with E-state index in [4.69, 9.17) is 18.3 Å². The molecule has 4 rings (SSSR count). The summed E-state index contributed by atoms with van der Waals surface area (Å²) in [5.74, 6) is 1.49. The lowest BCUT2D eigenvalue weighted by atomic mass is 10.1. The zero-order chi connectivity index (χ0) is 26.2. The van der Waals surface area contributed by atoms with Crippen molar-refractivity contribution in [1.82, 2.24) is 0 Å². The molecule has 0 aliphatic heterocycles. The molecule has 2 heterocycles. The van der Waals surface area contributed by atoms with Crippen molar-refractivity contribution in [3.63, 3.8) is 0 Å². The molecule has 188 valence electrons. The van der Waals surface area contributed by atoms with Crippen LogP contribution < -0.4 is 20.7 Å². The molecule has 0 bridgehead atoms. The third-order valence-electron chi connectivity index (χ3n) is 5.57. The number of ether oxygens (including phenoxy) is 2. The summed E-state index contributed by atoms with van der Waals surface area (Å²) in [7, 11) is 3.24. The van der Waals surface area contributed by atoms with Gasteiger partial charge in [-0.15, -0.1) is 0 Å². The van der Waals surface area contributed by atoms with E-state index in [1.165, 1.54) is 23.3 Å². The minimum atomic E-state index is -0.339. The van der Waals surface area contributed by atoms with Gasteiger partial charge in [0.1, 0.15) is 22.7 Å². The van der Waals surface area contributed by atoms with Gasteiger partial charge < -0.3 is 18.3 Å². The van der Waals surface area contributed by atoms with Crippen molar-refractivity contribution >= 4 is 21.9 Å². The van der Waals surface area contributed by atoms with Gasteiger partial charge >= 0.3 is 11.3 Å². The Morgan fingerprint density at radius 1 is 0.639 bits per heavy atom. The molecule has 0 amide bonds. The molecular formula is C30H32O6. The summed E-state index contributed by atoms with van der Waals surface area (Å²) >= 11 is 0. The molecule has 0 aliphatic carbocycles. The molecule has 6 heteroatoms. The van der Waals surface area contributed by atoms with E-state index in [2.05, 4.69) is 12.2 Å². The predicted molar refractivity (Wildman–Crippen MR) is 144 cm³/mol. The van der Waals surface area contributed by atoms with Gasteiger partial charge in [0.25, 0.3) is 0 Å². The highest BCUT2D eigenvalue weighted by atomic mass is 16.5. The Kier molecular flexibility index (Phi) is 8.90. The second-order valence-corrected chi connectivity index (χ2v) is 8.81. The van der Waals surface area contributed by atoms with Crippen LogP contribution in [-0.2, 0) is 12.8 Å². The largest absolute Gasteiger partial charge is 0.496 e. The smallest absolute Gasteiger partial charge is 0.336 e. The minimum absolute atomic E-state index is 0.339. The number of methoxy groups -OCH3 is 2. The molecule has 2 aromatic carbocycles. The van der Waals surface area contributed by atoms with Gasteiger partial charge in [0.15, 0.2) is 0 Å². The van der Waals surface area contributed by atoms with E-state index >= 15 is 0 Å². The van der Waals surface area contributed by atoms with Crippen molar-refractivity contribution in [3.8, 4) is 11.5 Å². The molecule has 0 unspecified atom stereocenters. The fourth-order valence-electron chi connectivity index (χ4n) is 3.73. The van der Waals surface area contributed by atoms with Crippen LogP contribution in [0.2, 0.25) is 0 Å². The van der Waals surface area contributed by atoms with Gasteiger partial charge in [-0.25, -0.2) is 9.59 Å². The number of benzene rings is 2. The fourth-order valence-corrected chi connectivity index (χ4v) is 3.73. The van der Waals surface area contributed by atoms with Crippen molar-refractivity contribution in [2.45, 2.75) is 40.5 Å². The van der Waals surface area contributed by atoms with Crippen molar-refractivity contribution in [2.75, 3.05) is 14.2 Å². The average molecular weight is 489 g/mol. The molecule has 0 atom stereocenters. The van der Waals surface area contributed by atoms with Gasteiger partial charge in [-0.1, -0.05) is 23.3 Å². The highest BCUT2D eigenvalue weighted by Gasteiger charge is 2.11. The van der Waals surface area contributed by atoms with E-state index in [-0.39, 0.29) is 11.3 Å². The quantitative estimate of drug-likeness (QED) is 0.224. The summed E-state index contributed by atoms with van der Waals surface area (Å²) in [6, 6.07) is 14.0. The van der Waals surface area contributed by atoms with E-state index < -0.39 is 0 Å². The maximum atomic E-state index is 11.4. The summed E-state index contributed by atoms with van der Waals surface area (Å²) in [5.41, 5.74) is 4.80. The molecule has 4 aromatic rings. The van der Waals surface area contributed by atoms with Crippen LogP contribution in [0, 0.1) is 0 Å². The van der Waals surface area contributed by atoms with Gasteiger partial charge in [-0.3, -0.25) is 0 Å². The SMILES string of the molecule is COc1ccc2ccc(=O)oc2c1CC=C(C)C.COc1ccc2ccc(=O)oc2c1CC=C(C)C. The van der Waals surface area contributed by atoms with Crippen LogP contribution in [-0.4, -0.2) is 14.2 Å². The molecule has 0 saturated heterocycles. The molecule has 36 heavy (non-hydrogen) atoms. The van der Waals surface area contributed by atoms with E-state index in [0.717, 1.165) is 33.4 Å². The summed E-state index contributed by atoms with van der Waals surface area (Å²) in [6.45, 7) is 8.14. The van der Waals surface area contributed by atoms with Crippen LogP contribution in [0.15, 0.2) is 90.3 Å². The summed E-state index contributed by atoms with van der Waals surface area (Å²) in [4.78, 5) is 22.7. The lowest BCUT2D eigenvalue weighted by molar-refractivity contribution is 0.409. The van der Waals surface area contributed by atoms with Crippen LogP contribution in [0.25, 0.3) is 21.9 Å². The Morgan fingerprint density at radius 2 is 1.00 bits per heavy atom. The normalized spacial score (nSPS) is 10.4. The predicted octanol–water partition coefficient (Wildman–Crippen LogP) is 6.62. The van der Waals surface area contributed by atoms with Crippen LogP contribution >= 0.6 is 0 Å². The van der Waals surface area contributed by atoms with Crippen molar-refractivity contribution < 1.29 is 18.3 Å². The molecule has 0 spiro atoms. The molecule has 0 aliphatic rings. The second-order valence-electron chi connectivity index (χ2n) is 8.81. The summed E-state index contributed by atoms with van der Waals surface area (Å²) < 4.78 is 21.3. The highest BCUT2D eigenvalue weighted by Crippen LogP contribution is 2.29. The lowest BCUT2D eigenvalue weighted by Crippen LogP contribution is -1.99. The fraction of sp³-hybridized carbons (Fsp3) is 0.267. The Morgan fingerprint density at radius 3 is 1.33 bits per heavy atom. The zero-order valence-electron chi connectivity index (χ0n) is 21.6. The lowest BCUT2D eigenvalue weighted by Gasteiger charge is -2.09. The van der Waals surface area contributed by atoms with E-state index in [1.54, 1.807) is 26.4 Å². The standard InChI is InChI=1S/2C15H16O3/c2*1-10(2)4-7-12-13(17-3)8-5-11-6-9-14(16)18-15(11)12/h2*4-6,8-9H,7H2,1-3H3. The molecule has 2 aromatic heterocycles. The number of fused-ring (bicyclic) bond motifs is 2. The first-order chi connectivity index (χ1) is 17.2. The molecule has 0 saturated carbocycles. The number of allylic oxidation sites excluding steroid dienone is 4. The highest BCUT2D eigenvalue weighted by molar-refractivity contribution is 5.83. The van der Waals surface area contributed by atoms with Crippen molar-refractivity contribution in [3.05, 3.63) is 104 Å². The Bertz CT molecular complexity index is 1410.